The molecule has 1 unspecified atom stereocenters. The predicted octanol–water partition coefficient (Wildman–Crippen LogP) is 2.78. The minimum Gasteiger partial charge on any atom is -0.465 e. The summed E-state index contributed by atoms with van der Waals surface area (Å²) in [6, 6.07) is 3.24. The Bertz CT molecular complexity index is 1550. The first-order valence-electron chi connectivity index (χ1n) is 11.4. The summed E-state index contributed by atoms with van der Waals surface area (Å²) in [6.45, 7) is 5.53. The monoisotopic (exact) mass is 603 g/mol. The minimum atomic E-state index is -3.85. The third kappa shape index (κ3) is 7.77. The molecule has 0 saturated heterocycles. The highest BCUT2D eigenvalue weighted by Crippen LogP contribution is 2.38. The summed E-state index contributed by atoms with van der Waals surface area (Å²) in [4.78, 5) is 19.4. The second-order valence-electron chi connectivity index (χ2n) is 8.94. The van der Waals surface area contributed by atoms with Crippen molar-refractivity contribution in [3.8, 4) is 22.5 Å². The molecule has 2 heterocycles. The van der Waals surface area contributed by atoms with E-state index in [1.54, 1.807) is 23.9 Å². The van der Waals surface area contributed by atoms with Crippen LogP contribution in [0.25, 0.3) is 22.5 Å². The van der Waals surface area contributed by atoms with Gasteiger partial charge in [-0.3, -0.25) is 8.99 Å². The second kappa shape index (κ2) is 12.1. The van der Waals surface area contributed by atoms with Crippen molar-refractivity contribution in [2.24, 2.45) is 0 Å². The van der Waals surface area contributed by atoms with Gasteiger partial charge in [0, 0.05) is 53.4 Å². The Morgan fingerprint density at radius 2 is 1.95 bits per heavy atom. The largest absolute Gasteiger partial charge is 0.465 e. The summed E-state index contributed by atoms with van der Waals surface area (Å²) in [5.41, 5.74) is 0.0517. The molecule has 1 amide bonds. The molecule has 0 fully saturated rings. The van der Waals surface area contributed by atoms with Crippen LogP contribution in [0.15, 0.2) is 30.6 Å². The first kappa shape index (κ1) is 30.0. The van der Waals surface area contributed by atoms with E-state index in [2.05, 4.69) is 25.7 Å². The van der Waals surface area contributed by atoms with E-state index < -0.39 is 50.2 Å². The van der Waals surface area contributed by atoms with Crippen LogP contribution in [0, 0.1) is 5.82 Å². The maximum atomic E-state index is 15.9. The lowest BCUT2D eigenvalue weighted by Gasteiger charge is -2.19. The Morgan fingerprint density at radius 1 is 1.26 bits per heavy atom. The van der Waals surface area contributed by atoms with Gasteiger partial charge in [0.2, 0.25) is 16.8 Å². The molecular weight excluding hydrogens is 577 g/mol. The van der Waals surface area contributed by atoms with Crippen molar-refractivity contribution in [1.29, 1.82) is 0 Å². The highest BCUT2D eigenvalue weighted by Gasteiger charge is 2.26. The van der Waals surface area contributed by atoms with E-state index >= 15 is 4.39 Å². The number of hydrogen-bond acceptors (Lipinski definition) is 9. The number of rotatable bonds is 11. The van der Waals surface area contributed by atoms with Crippen molar-refractivity contribution in [3.05, 3.63) is 41.4 Å². The average Bonchev–Trinajstić information content (AvgIpc) is 3.27. The summed E-state index contributed by atoms with van der Waals surface area (Å²) in [5, 5.41) is 18.5. The molecule has 0 saturated carbocycles. The van der Waals surface area contributed by atoms with E-state index in [0.717, 1.165) is 12.3 Å². The third-order valence-corrected chi connectivity index (χ3v) is 7.12. The smallest absolute Gasteiger partial charge is 0.404 e. The van der Waals surface area contributed by atoms with Gasteiger partial charge in [-0.05, 0) is 39.0 Å². The number of aromatic nitrogens is 4. The van der Waals surface area contributed by atoms with Crippen LogP contribution in [-0.4, -0.2) is 72.5 Å². The molecule has 0 aliphatic heterocycles. The highest BCUT2D eigenvalue weighted by molar-refractivity contribution is 7.91. The van der Waals surface area contributed by atoms with Gasteiger partial charge in [-0.1, -0.05) is 11.6 Å². The fraction of sp³-hybridized carbons (Fsp3) is 0.364. The van der Waals surface area contributed by atoms with Crippen LogP contribution in [0.2, 0.25) is 5.02 Å². The molecule has 0 aliphatic rings. The van der Waals surface area contributed by atoms with Gasteiger partial charge in [-0.25, -0.2) is 36.0 Å². The predicted molar refractivity (Wildman–Crippen MR) is 146 cm³/mol. The van der Waals surface area contributed by atoms with Crippen LogP contribution in [0.3, 0.4) is 0 Å². The maximum absolute atomic E-state index is 15.9. The SMILES string of the molecule is CC(CNc1nccc(-c2cn(C(C)C)nc2-c2cc(Cl)cc(N(CS(C)(=O)=O)[SH](=O)=O)c2F)n1)NC(=O)O. The van der Waals surface area contributed by atoms with Gasteiger partial charge in [0.05, 0.1) is 11.4 Å². The van der Waals surface area contributed by atoms with Crippen molar-refractivity contribution in [1.82, 2.24) is 25.1 Å². The van der Waals surface area contributed by atoms with Gasteiger partial charge in [-0.2, -0.15) is 5.10 Å². The Balaban J connectivity index is 2.13. The van der Waals surface area contributed by atoms with Gasteiger partial charge < -0.3 is 15.7 Å². The third-order valence-electron chi connectivity index (χ3n) is 5.23. The lowest BCUT2D eigenvalue weighted by atomic mass is 10.0. The number of benzene rings is 1. The first-order valence-corrected chi connectivity index (χ1v) is 15.0. The van der Waals surface area contributed by atoms with Gasteiger partial charge in [0.1, 0.15) is 11.6 Å². The number of carbonyl (C=O) groups is 1. The molecule has 1 atom stereocenters. The quantitative estimate of drug-likeness (QED) is 0.238. The van der Waals surface area contributed by atoms with Crippen LogP contribution in [0.4, 0.5) is 20.8 Å². The number of carboxylic acid groups (broad SMARTS) is 1. The highest BCUT2D eigenvalue weighted by atomic mass is 35.5. The second-order valence-corrected chi connectivity index (χ2v) is 12.4. The van der Waals surface area contributed by atoms with Crippen LogP contribution in [-0.2, 0) is 20.7 Å². The van der Waals surface area contributed by atoms with Crippen molar-refractivity contribution < 1.29 is 31.1 Å². The lowest BCUT2D eigenvalue weighted by molar-refractivity contribution is 0.191. The van der Waals surface area contributed by atoms with Crippen LogP contribution >= 0.6 is 11.6 Å². The normalized spacial score (nSPS) is 12.5. The molecule has 0 radical (unpaired) electrons. The van der Waals surface area contributed by atoms with E-state index in [0.29, 0.717) is 15.6 Å². The molecule has 2 aromatic heterocycles. The van der Waals surface area contributed by atoms with Gasteiger partial charge >= 0.3 is 6.09 Å². The molecular formula is C22H27ClFN7O6S2. The molecule has 0 spiro atoms. The number of sulfone groups is 1. The molecule has 3 N–H and O–H groups in total. The summed E-state index contributed by atoms with van der Waals surface area (Å²) in [7, 11) is -7.39. The number of anilines is 2. The summed E-state index contributed by atoms with van der Waals surface area (Å²) in [5.74, 6) is -1.85. The van der Waals surface area contributed by atoms with Crippen LogP contribution in [0.1, 0.15) is 26.8 Å². The zero-order valence-electron chi connectivity index (χ0n) is 21.3. The molecule has 3 rings (SSSR count). The minimum absolute atomic E-state index is 0.0493. The van der Waals surface area contributed by atoms with Crippen molar-refractivity contribution >= 4 is 50.1 Å². The van der Waals surface area contributed by atoms with Gasteiger partial charge in [0.25, 0.3) is 0 Å². The van der Waals surface area contributed by atoms with Crippen molar-refractivity contribution in [2.45, 2.75) is 32.9 Å². The topological polar surface area (TPSA) is 176 Å². The van der Waals surface area contributed by atoms with E-state index in [1.807, 2.05) is 13.8 Å². The summed E-state index contributed by atoms with van der Waals surface area (Å²) < 4.78 is 65.3. The number of amides is 1. The zero-order chi connectivity index (χ0) is 29.1. The Morgan fingerprint density at radius 3 is 2.54 bits per heavy atom. The number of hydrogen-bond donors (Lipinski definition) is 4. The first-order chi connectivity index (χ1) is 18.2. The molecule has 17 heteroatoms. The fourth-order valence-corrected chi connectivity index (χ4v) is 5.63. The van der Waals surface area contributed by atoms with Crippen molar-refractivity contribution in [3.63, 3.8) is 0 Å². The van der Waals surface area contributed by atoms with Crippen LogP contribution < -0.4 is 14.9 Å². The molecule has 39 heavy (non-hydrogen) atoms. The maximum Gasteiger partial charge on any atom is 0.404 e. The molecule has 212 valence electrons. The molecule has 3 aromatic rings. The molecule has 13 nitrogen and oxygen atoms in total. The average molecular weight is 604 g/mol. The molecule has 0 bridgehead atoms. The summed E-state index contributed by atoms with van der Waals surface area (Å²) >= 11 is 6.23. The van der Waals surface area contributed by atoms with E-state index in [4.69, 9.17) is 16.7 Å². The van der Waals surface area contributed by atoms with Crippen LogP contribution in [0.5, 0.6) is 0 Å². The Kier molecular flexibility index (Phi) is 9.34. The van der Waals surface area contributed by atoms with E-state index in [-0.39, 0.29) is 34.8 Å². The van der Waals surface area contributed by atoms with Crippen molar-refractivity contribution in [2.75, 3.05) is 28.3 Å². The molecule has 1 aromatic carbocycles. The lowest BCUT2D eigenvalue weighted by Crippen LogP contribution is -2.36. The number of nitrogens with zero attached hydrogens (tertiary/aromatic N) is 5. The van der Waals surface area contributed by atoms with E-state index in [1.165, 1.54) is 12.3 Å². The number of nitrogens with one attached hydrogen (secondary N) is 2. The zero-order valence-corrected chi connectivity index (χ0v) is 23.8. The number of halogens is 2. The van der Waals surface area contributed by atoms with Gasteiger partial charge in [-0.15, -0.1) is 0 Å². The van der Waals surface area contributed by atoms with Gasteiger partial charge in [0.15, 0.2) is 15.7 Å². The number of thiol groups is 1. The summed E-state index contributed by atoms with van der Waals surface area (Å²) in [6.07, 6.45) is 2.73. The Hall–Kier alpha value is -3.50. The standard InChI is InChI=1S/C22H27ClFN7O6S2/c1-12(2)30-10-16(17-5-6-25-21(28-17)26-9-13(3)27-22(32)33)20(29-30)15-7-14(23)8-18(19(15)24)31(38(34)35)11-39(4,36)37/h5-8,10,12-13,27,38H,9,11H2,1-4H3,(H,32,33)(H,25,26,28). The Labute approximate surface area is 231 Å². The fourth-order valence-electron chi connectivity index (χ4n) is 3.50. The van der Waals surface area contributed by atoms with E-state index in [9.17, 15) is 21.6 Å². The molecule has 0 aliphatic carbocycles.